The zero-order valence-electron chi connectivity index (χ0n) is 14.9. The summed E-state index contributed by atoms with van der Waals surface area (Å²) in [7, 11) is 0. The molecule has 0 spiro atoms. The lowest BCUT2D eigenvalue weighted by Crippen LogP contribution is -2.46. The number of aliphatic carboxylic acids is 1. The van der Waals surface area contributed by atoms with Gasteiger partial charge in [-0.15, -0.1) is 0 Å². The molecule has 0 aliphatic carbocycles. The summed E-state index contributed by atoms with van der Waals surface area (Å²) in [6, 6.07) is 15.3. The molecule has 2 atom stereocenters. The Morgan fingerprint density at radius 1 is 1.15 bits per heavy atom. The van der Waals surface area contributed by atoms with Crippen molar-refractivity contribution in [1.29, 1.82) is 0 Å². The number of nitrogens with zero attached hydrogens (tertiary/aromatic N) is 2. The van der Waals surface area contributed by atoms with Gasteiger partial charge in [0, 0.05) is 11.6 Å². The molecule has 2 aromatic carbocycles. The first-order valence-corrected chi connectivity index (χ1v) is 9.23. The number of hydrogen-bond acceptors (Lipinski definition) is 3. The van der Waals surface area contributed by atoms with Crippen LogP contribution in [0.5, 0.6) is 0 Å². The average molecular weight is 364 g/mol. The first-order valence-electron chi connectivity index (χ1n) is 9.23. The molecule has 2 heterocycles. The topological polar surface area (TPSA) is 53.4 Å². The van der Waals surface area contributed by atoms with Crippen LogP contribution in [-0.2, 0) is 4.79 Å². The number of rotatable bonds is 4. The van der Waals surface area contributed by atoms with Crippen molar-refractivity contribution in [1.82, 2.24) is 9.88 Å². The summed E-state index contributed by atoms with van der Waals surface area (Å²) in [6.45, 7) is 0.662. The molecule has 138 valence electrons. The van der Waals surface area contributed by atoms with Gasteiger partial charge in [0.15, 0.2) is 0 Å². The number of piperidine rings is 1. The number of fused-ring (bicyclic) bond motifs is 1. The number of halogens is 1. The summed E-state index contributed by atoms with van der Waals surface area (Å²) in [5.41, 5.74) is 2.57. The molecule has 0 saturated carbocycles. The highest BCUT2D eigenvalue weighted by atomic mass is 19.1. The number of likely N-dealkylation sites (tertiary alicyclic amines) is 1. The van der Waals surface area contributed by atoms with Crippen molar-refractivity contribution < 1.29 is 14.3 Å². The van der Waals surface area contributed by atoms with Gasteiger partial charge in [-0.05, 0) is 54.8 Å². The van der Waals surface area contributed by atoms with Gasteiger partial charge in [0.25, 0.3) is 0 Å². The molecule has 3 aromatic rings. The van der Waals surface area contributed by atoms with Crippen molar-refractivity contribution in [3.8, 4) is 0 Å². The third kappa shape index (κ3) is 3.43. The zero-order valence-corrected chi connectivity index (χ0v) is 14.9. The average Bonchev–Trinajstić information content (AvgIpc) is 2.69. The van der Waals surface area contributed by atoms with Crippen molar-refractivity contribution >= 4 is 16.9 Å². The van der Waals surface area contributed by atoms with E-state index in [2.05, 4.69) is 4.98 Å². The number of para-hydroxylation sites is 1. The first-order chi connectivity index (χ1) is 13.1. The third-order valence-electron chi connectivity index (χ3n) is 5.30. The molecule has 2 unspecified atom stereocenters. The lowest BCUT2D eigenvalue weighted by molar-refractivity contribution is -0.145. The second-order valence-electron chi connectivity index (χ2n) is 6.96. The quantitative estimate of drug-likeness (QED) is 0.745. The highest BCUT2D eigenvalue weighted by Gasteiger charge is 2.35. The maximum absolute atomic E-state index is 14.0. The Bertz CT molecular complexity index is 970. The van der Waals surface area contributed by atoms with Crippen LogP contribution in [0.1, 0.15) is 36.4 Å². The van der Waals surface area contributed by atoms with Crippen LogP contribution in [0, 0.1) is 5.82 Å². The lowest BCUT2D eigenvalue weighted by Gasteiger charge is -2.40. The van der Waals surface area contributed by atoms with E-state index >= 15 is 0 Å². The van der Waals surface area contributed by atoms with E-state index in [9.17, 15) is 14.3 Å². The largest absolute Gasteiger partial charge is 0.480 e. The molecule has 0 amide bonds. The number of carbonyl (C=O) groups is 1. The Morgan fingerprint density at radius 3 is 2.81 bits per heavy atom. The number of pyridine rings is 1. The van der Waals surface area contributed by atoms with Crippen molar-refractivity contribution in [3.05, 3.63) is 77.7 Å². The number of benzene rings is 2. The van der Waals surface area contributed by atoms with Gasteiger partial charge < -0.3 is 5.11 Å². The number of hydrogen-bond donors (Lipinski definition) is 1. The Hall–Kier alpha value is -2.79. The van der Waals surface area contributed by atoms with Gasteiger partial charge in [-0.1, -0.05) is 36.8 Å². The maximum atomic E-state index is 14.0. The Morgan fingerprint density at radius 2 is 2.00 bits per heavy atom. The van der Waals surface area contributed by atoms with E-state index in [1.807, 2.05) is 41.3 Å². The Labute approximate surface area is 157 Å². The van der Waals surface area contributed by atoms with E-state index in [1.165, 1.54) is 12.1 Å². The van der Waals surface area contributed by atoms with Crippen LogP contribution in [0.25, 0.3) is 10.9 Å². The molecule has 1 saturated heterocycles. The van der Waals surface area contributed by atoms with Gasteiger partial charge in [-0.25, -0.2) is 4.39 Å². The Kier molecular flexibility index (Phi) is 4.86. The van der Waals surface area contributed by atoms with Crippen molar-refractivity contribution in [2.24, 2.45) is 0 Å². The monoisotopic (exact) mass is 364 g/mol. The predicted molar refractivity (Wildman–Crippen MR) is 102 cm³/mol. The first kappa shape index (κ1) is 17.6. The molecular formula is C22H21FN2O2. The van der Waals surface area contributed by atoms with Crippen LogP contribution >= 0.6 is 0 Å². The second-order valence-corrected chi connectivity index (χ2v) is 6.96. The van der Waals surface area contributed by atoms with Gasteiger partial charge in [0.1, 0.15) is 11.9 Å². The van der Waals surface area contributed by atoms with Crippen LogP contribution in [0.15, 0.2) is 60.8 Å². The predicted octanol–water partition coefficient (Wildman–Crippen LogP) is 4.40. The van der Waals surface area contributed by atoms with E-state index in [0.29, 0.717) is 13.0 Å². The molecule has 1 aliphatic heterocycles. The van der Waals surface area contributed by atoms with Crippen LogP contribution in [0.3, 0.4) is 0 Å². The highest BCUT2D eigenvalue weighted by Crippen LogP contribution is 2.37. The summed E-state index contributed by atoms with van der Waals surface area (Å²) < 4.78 is 14.0. The molecular weight excluding hydrogens is 343 g/mol. The number of carboxylic acid groups (broad SMARTS) is 1. The summed E-state index contributed by atoms with van der Waals surface area (Å²) in [6.07, 6.45) is 4.16. The van der Waals surface area contributed by atoms with Crippen LogP contribution in [-0.4, -0.2) is 33.5 Å². The van der Waals surface area contributed by atoms with E-state index in [0.717, 1.165) is 34.9 Å². The van der Waals surface area contributed by atoms with Crippen LogP contribution in [0.2, 0.25) is 0 Å². The van der Waals surface area contributed by atoms with Gasteiger partial charge in [-0.2, -0.15) is 0 Å². The van der Waals surface area contributed by atoms with E-state index in [1.54, 1.807) is 12.3 Å². The van der Waals surface area contributed by atoms with Crippen LogP contribution in [0.4, 0.5) is 4.39 Å². The fourth-order valence-electron chi connectivity index (χ4n) is 4.11. The third-order valence-corrected chi connectivity index (χ3v) is 5.30. The SMILES string of the molecule is O=C(O)C1CCCCN1C(c1cccc(F)c1)c1ccnc2ccccc12. The normalized spacial score (nSPS) is 19.1. The number of carboxylic acids is 1. The summed E-state index contributed by atoms with van der Waals surface area (Å²) >= 11 is 0. The fourth-order valence-corrected chi connectivity index (χ4v) is 4.11. The molecule has 27 heavy (non-hydrogen) atoms. The van der Waals surface area contributed by atoms with Crippen molar-refractivity contribution in [3.63, 3.8) is 0 Å². The fraction of sp³-hybridized carbons (Fsp3) is 0.273. The van der Waals surface area contributed by atoms with E-state index in [4.69, 9.17) is 0 Å². The summed E-state index contributed by atoms with van der Waals surface area (Å²) in [5.74, 6) is -1.14. The molecule has 0 radical (unpaired) electrons. The molecule has 4 rings (SSSR count). The summed E-state index contributed by atoms with van der Waals surface area (Å²) in [5, 5.41) is 10.8. The van der Waals surface area contributed by atoms with Crippen molar-refractivity contribution in [2.45, 2.75) is 31.3 Å². The maximum Gasteiger partial charge on any atom is 0.320 e. The second kappa shape index (κ2) is 7.45. The zero-order chi connectivity index (χ0) is 18.8. The van der Waals surface area contributed by atoms with Gasteiger partial charge >= 0.3 is 5.97 Å². The van der Waals surface area contributed by atoms with Gasteiger partial charge in [-0.3, -0.25) is 14.7 Å². The molecule has 0 bridgehead atoms. The van der Waals surface area contributed by atoms with Gasteiger partial charge in [0.2, 0.25) is 0 Å². The Balaban J connectivity index is 1.92. The minimum Gasteiger partial charge on any atom is -0.480 e. The van der Waals surface area contributed by atoms with E-state index < -0.39 is 12.0 Å². The van der Waals surface area contributed by atoms with E-state index in [-0.39, 0.29) is 11.9 Å². The van der Waals surface area contributed by atoms with Crippen LogP contribution < -0.4 is 0 Å². The molecule has 1 aliphatic rings. The molecule has 1 aromatic heterocycles. The molecule has 4 nitrogen and oxygen atoms in total. The van der Waals surface area contributed by atoms with Crippen molar-refractivity contribution in [2.75, 3.05) is 6.54 Å². The minimum absolute atomic E-state index is 0.320. The number of aromatic nitrogens is 1. The lowest BCUT2D eigenvalue weighted by atomic mass is 9.90. The summed E-state index contributed by atoms with van der Waals surface area (Å²) in [4.78, 5) is 18.4. The van der Waals surface area contributed by atoms with Gasteiger partial charge in [0.05, 0.1) is 11.6 Å². The smallest absolute Gasteiger partial charge is 0.320 e. The highest BCUT2D eigenvalue weighted by molar-refractivity contribution is 5.83. The molecule has 5 heteroatoms. The minimum atomic E-state index is -0.825. The molecule has 1 N–H and O–H groups in total. The standard InChI is InChI=1S/C22H21FN2O2/c23-16-7-5-6-15(14-16)21(25-13-4-3-10-20(25)22(26)27)18-11-12-24-19-9-2-1-8-17(18)19/h1-2,5-9,11-12,14,20-21H,3-4,10,13H2,(H,26,27). The molecule has 1 fully saturated rings.